The van der Waals surface area contributed by atoms with Gasteiger partial charge in [0, 0.05) is 6.08 Å². The number of rotatable bonds is 4. The molecule has 0 aromatic heterocycles. The fraction of sp³-hybridized carbons (Fsp3) is 0.400. The Labute approximate surface area is 103 Å². The van der Waals surface area contributed by atoms with Crippen LogP contribution in [0.4, 0.5) is 0 Å². The van der Waals surface area contributed by atoms with Gasteiger partial charge in [-0.1, -0.05) is 43.7 Å². The molecule has 92 valence electrons. The van der Waals surface area contributed by atoms with Crippen LogP contribution in [0.1, 0.15) is 31.9 Å². The standard InChI is InChI=1S/C15H20O2/c1-5-17-15(16)10-14(11(2)3)13-8-6-7-12(4)9-13/h6-11H,5H2,1-4H3/b14-10-. The second-order valence-corrected chi connectivity index (χ2v) is 4.38. The Bertz CT molecular complexity index is 417. The van der Waals surface area contributed by atoms with E-state index in [1.54, 1.807) is 6.08 Å². The van der Waals surface area contributed by atoms with Crippen LogP contribution in [0.3, 0.4) is 0 Å². The third kappa shape index (κ3) is 4.06. The van der Waals surface area contributed by atoms with Crippen LogP contribution in [0.15, 0.2) is 30.3 Å². The van der Waals surface area contributed by atoms with Gasteiger partial charge in [0.1, 0.15) is 0 Å². The first-order valence-electron chi connectivity index (χ1n) is 6.00. The molecule has 0 aliphatic carbocycles. The minimum atomic E-state index is -0.266. The molecule has 0 atom stereocenters. The molecule has 0 N–H and O–H groups in total. The predicted octanol–water partition coefficient (Wildman–Crippen LogP) is 3.60. The van der Waals surface area contributed by atoms with Crippen LogP contribution in [0.25, 0.3) is 5.57 Å². The topological polar surface area (TPSA) is 26.3 Å². The van der Waals surface area contributed by atoms with E-state index in [9.17, 15) is 4.79 Å². The number of allylic oxidation sites excluding steroid dienone is 1. The fourth-order valence-electron chi connectivity index (χ4n) is 1.72. The van der Waals surface area contributed by atoms with Gasteiger partial charge in [-0.15, -0.1) is 0 Å². The Morgan fingerprint density at radius 1 is 1.41 bits per heavy atom. The van der Waals surface area contributed by atoms with Crippen molar-refractivity contribution in [3.63, 3.8) is 0 Å². The maximum Gasteiger partial charge on any atom is 0.331 e. The minimum Gasteiger partial charge on any atom is -0.463 e. The van der Waals surface area contributed by atoms with E-state index >= 15 is 0 Å². The van der Waals surface area contributed by atoms with Crippen LogP contribution < -0.4 is 0 Å². The van der Waals surface area contributed by atoms with Crippen LogP contribution in [-0.2, 0) is 9.53 Å². The van der Waals surface area contributed by atoms with Crippen molar-refractivity contribution in [1.82, 2.24) is 0 Å². The van der Waals surface area contributed by atoms with E-state index in [-0.39, 0.29) is 5.97 Å². The molecule has 0 saturated heterocycles. The molecule has 0 saturated carbocycles. The monoisotopic (exact) mass is 232 g/mol. The van der Waals surface area contributed by atoms with Crippen LogP contribution in [-0.4, -0.2) is 12.6 Å². The molecular weight excluding hydrogens is 212 g/mol. The van der Waals surface area contributed by atoms with Crippen molar-refractivity contribution < 1.29 is 9.53 Å². The van der Waals surface area contributed by atoms with Crippen LogP contribution >= 0.6 is 0 Å². The van der Waals surface area contributed by atoms with Gasteiger partial charge in [0.15, 0.2) is 0 Å². The van der Waals surface area contributed by atoms with Gasteiger partial charge in [-0.05, 0) is 30.9 Å². The molecular formula is C15H20O2. The normalized spacial score (nSPS) is 11.7. The number of carbonyl (C=O) groups excluding carboxylic acids is 1. The minimum absolute atomic E-state index is 0.266. The number of ether oxygens (including phenoxy) is 1. The van der Waals surface area contributed by atoms with Crippen LogP contribution in [0, 0.1) is 12.8 Å². The van der Waals surface area contributed by atoms with E-state index < -0.39 is 0 Å². The molecule has 17 heavy (non-hydrogen) atoms. The molecule has 0 radical (unpaired) electrons. The van der Waals surface area contributed by atoms with Crippen molar-refractivity contribution in [3.05, 3.63) is 41.5 Å². The van der Waals surface area contributed by atoms with Crippen LogP contribution in [0.5, 0.6) is 0 Å². The van der Waals surface area contributed by atoms with Gasteiger partial charge >= 0.3 is 5.97 Å². The molecule has 0 spiro atoms. The van der Waals surface area contributed by atoms with E-state index in [0.717, 1.165) is 11.1 Å². The SMILES string of the molecule is CCOC(=O)/C=C(\c1cccc(C)c1)C(C)C. The average molecular weight is 232 g/mol. The number of benzene rings is 1. The predicted molar refractivity (Wildman–Crippen MR) is 70.6 cm³/mol. The fourth-order valence-corrected chi connectivity index (χ4v) is 1.72. The quantitative estimate of drug-likeness (QED) is 0.585. The highest BCUT2D eigenvalue weighted by atomic mass is 16.5. The lowest BCUT2D eigenvalue weighted by Gasteiger charge is -2.12. The maximum absolute atomic E-state index is 11.5. The second kappa shape index (κ2) is 6.24. The van der Waals surface area contributed by atoms with Crippen molar-refractivity contribution >= 4 is 11.5 Å². The number of aryl methyl sites for hydroxylation is 1. The number of esters is 1. The second-order valence-electron chi connectivity index (χ2n) is 4.38. The van der Waals surface area contributed by atoms with E-state index in [0.29, 0.717) is 12.5 Å². The third-order valence-corrected chi connectivity index (χ3v) is 2.53. The first kappa shape index (κ1) is 13.5. The summed E-state index contributed by atoms with van der Waals surface area (Å²) in [6.07, 6.45) is 1.60. The largest absolute Gasteiger partial charge is 0.463 e. The van der Waals surface area contributed by atoms with Gasteiger partial charge in [-0.2, -0.15) is 0 Å². The average Bonchev–Trinajstić information content (AvgIpc) is 2.26. The highest BCUT2D eigenvalue weighted by Gasteiger charge is 2.09. The lowest BCUT2D eigenvalue weighted by atomic mass is 9.94. The summed E-state index contributed by atoms with van der Waals surface area (Å²) >= 11 is 0. The van der Waals surface area contributed by atoms with Crippen molar-refractivity contribution in [3.8, 4) is 0 Å². The molecule has 0 aliphatic heterocycles. The van der Waals surface area contributed by atoms with E-state index in [4.69, 9.17) is 4.74 Å². The van der Waals surface area contributed by atoms with Crippen molar-refractivity contribution in [2.24, 2.45) is 5.92 Å². The highest BCUT2D eigenvalue weighted by molar-refractivity contribution is 5.91. The molecule has 1 rings (SSSR count). The van der Waals surface area contributed by atoms with Crippen molar-refractivity contribution in [2.45, 2.75) is 27.7 Å². The van der Waals surface area contributed by atoms with Gasteiger partial charge in [-0.25, -0.2) is 4.79 Å². The Hall–Kier alpha value is -1.57. The number of carbonyl (C=O) groups is 1. The molecule has 0 aliphatic rings. The van der Waals surface area contributed by atoms with Gasteiger partial charge in [-0.3, -0.25) is 0 Å². The number of hydrogen-bond donors (Lipinski definition) is 0. The third-order valence-electron chi connectivity index (χ3n) is 2.53. The molecule has 2 heteroatoms. The lowest BCUT2D eigenvalue weighted by Crippen LogP contribution is -2.04. The summed E-state index contributed by atoms with van der Waals surface area (Å²) in [6.45, 7) is 8.43. The smallest absolute Gasteiger partial charge is 0.331 e. The Kier molecular flexibility index (Phi) is 4.95. The van der Waals surface area contributed by atoms with Crippen molar-refractivity contribution in [1.29, 1.82) is 0 Å². The summed E-state index contributed by atoms with van der Waals surface area (Å²) in [6, 6.07) is 8.17. The first-order chi connectivity index (χ1) is 8.04. The summed E-state index contributed by atoms with van der Waals surface area (Å²) in [5.74, 6) is 0.0268. The summed E-state index contributed by atoms with van der Waals surface area (Å²) in [5, 5.41) is 0. The molecule has 0 heterocycles. The molecule has 1 aromatic rings. The number of hydrogen-bond acceptors (Lipinski definition) is 2. The summed E-state index contributed by atoms with van der Waals surface area (Å²) in [5.41, 5.74) is 3.30. The highest BCUT2D eigenvalue weighted by Crippen LogP contribution is 2.23. The van der Waals surface area contributed by atoms with Gasteiger partial charge < -0.3 is 4.74 Å². The van der Waals surface area contributed by atoms with Crippen LogP contribution in [0.2, 0.25) is 0 Å². The molecule has 1 aromatic carbocycles. The summed E-state index contributed by atoms with van der Waals surface area (Å²) < 4.78 is 4.96. The zero-order valence-electron chi connectivity index (χ0n) is 11.0. The molecule has 0 unspecified atom stereocenters. The summed E-state index contributed by atoms with van der Waals surface area (Å²) in [4.78, 5) is 11.5. The molecule has 2 nitrogen and oxygen atoms in total. The van der Waals surface area contributed by atoms with E-state index in [2.05, 4.69) is 19.9 Å². The van der Waals surface area contributed by atoms with Crippen molar-refractivity contribution in [2.75, 3.05) is 6.61 Å². The van der Waals surface area contributed by atoms with E-state index in [1.165, 1.54) is 5.56 Å². The molecule has 0 bridgehead atoms. The Morgan fingerprint density at radius 3 is 2.65 bits per heavy atom. The maximum atomic E-state index is 11.5. The van der Waals surface area contributed by atoms with E-state index in [1.807, 2.05) is 32.0 Å². The first-order valence-corrected chi connectivity index (χ1v) is 6.00. The molecule has 0 fully saturated rings. The zero-order valence-corrected chi connectivity index (χ0v) is 11.0. The zero-order chi connectivity index (χ0) is 12.8. The Balaban J connectivity index is 3.05. The van der Waals surface area contributed by atoms with Gasteiger partial charge in [0.05, 0.1) is 6.61 Å². The molecule has 0 amide bonds. The Morgan fingerprint density at radius 2 is 2.12 bits per heavy atom. The lowest BCUT2D eigenvalue weighted by molar-refractivity contribution is -0.137. The van der Waals surface area contributed by atoms with Gasteiger partial charge in [0.25, 0.3) is 0 Å². The summed E-state index contributed by atoms with van der Waals surface area (Å²) in [7, 11) is 0. The van der Waals surface area contributed by atoms with Gasteiger partial charge in [0.2, 0.25) is 0 Å².